The van der Waals surface area contributed by atoms with Gasteiger partial charge in [-0.25, -0.2) is 8.42 Å². The average molecular weight is 469 g/mol. The zero-order valence-corrected chi connectivity index (χ0v) is 18.2. The van der Waals surface area contributed by atoms with Crippen LogP contribution in [0, 0.1) is 0 Å². The minimum Gasteiger partial charge on any atom is -0.289 e. The molecule has 7 nitrogen and oxygen atoms in total. The van der Waals surface area contributed by atoms with Crippen molar-refractivity contribution in [2.24, 2.45) is 0 Å². The molecule has 0 bridgehead atoms. The van der Waals surface area contributed by atoms with Crippen molar-refractivity contribution >= 4 is 50.6 Å². The van der Waals surface area contributed by atoms with Gasteiger partial charge in [0.05, 0.1) is 16.3 Å². The van der Waals surface area contributed by atoms with Crippen molar-refractivity contribution in [3.63, 3.8) is 0 Å². The van der Waals surface area contributed by atoms with E-state index in [4.69, 9.17) is 11.6 Å². The number of rotatable bonds is 6. The molecule has 162 valence electrons. The van der Waals surface area contributed by atoms with E-state index in [-0.39, 0.29) is 51.6 Å². The predicted octanol–water partition coefficient (Wildman–Crippen LogP) is 4.03. The topological polar surface area (TPSA) is 101 Å². The van der Waals surface area contributed by atoms with E-state index in [1.165, 1.54) is 42.5 Å². The van der Waals surface area contributed by atoms with E-state index < -0.39 is 10.0 Å². The van der Waals surface area contributed by atoms with E-state index in [9.17, 15) is 22.8 Å². The Labute approximate surface area is 189 Å². The van der Waals surface area contributed by atoms with Crippen molar-refractivity contribution in [2.45, 2.75) is 17.7 Å². The summed E-state index contributed by atoms with van der Waals surface area (Å²) in [6, 6.07) is 18.1. The quantitative estimate of drug-likeness (QED) is 0.435. The lowest BCUT2D eigenvalue weighted by atomic mass is 10.0. The number of sulfonamides is 1. The Balaban J connectivity index is 1.63. The second-order valence-electron chi connectivity index (χ2n) is 7.11. The molecule has 1 aliphatic rings. The fourth-order valence-electron chi connectivity index (χ4n) is 3.38. The van der Waals surface area contributed by atoms with E-state index >= 15 is 0 Å². The fraction of sp³-hybridized carbons (Fsp3) is 0.0870. The molecule has 0 atom stereocenters. The number of benzene rings is 3. The molecule has 32 heavy (non-hydrogen) atoms. The van der Waals surface area contributed by atoms with Gasteiger partial charge >= 0.3 is 0 Å². The van der Waals surface area contributed by atoms with Gasteiger partial charge in [-0.05, 0) is 42.5 Å². The van der Waals surface area contributed by atoms with Crippen LogP contribution in [0.1, 0.15) is 28.8 Å². The zero-order valence-electron chi connectivity index (χ0n) is 16.6. The molecule has 0 aliphatic carbocycles. The van der Waals surface area contributed by atoms with Crippen molar-refractivity contribution in [3.05, 3.63) is 88.9 Å². The number of amides is 2. The lowest BCUT2D eigenvalue weighted by Crippen LogP contribution is -2.28. The Morgan fingerprint density at radius 2 is 1.50 bits per heavy atom. The van der Waals surface area contributed by atoms with Crippen molar-refractivity contribution in [1.82, 2.24) is 0 Å². The Kier molecular flexibility index (Phi) is 5.82. The van der Waals surface area contributed by atoms with Crippen LogP contribution >= 0.6 is 11.6 Å². The van der Waals surface area contributed by atoms with Crippen LogP contribution in [0.3, 0.4) is 0 Å². The van der Waals surface area contributed by atoms with Gasteiger partial charge in [-0.15, -0.1) is 0 Å². The first-order valence-corrected chi connectivity index (χ1v) is 11.5. The van der Waals surface area contributed by atoms with Gasteiger partial charge in [-0.2, -0.15) is 0 Å². The van der Waals surface area contributed by atoms with Crippen LogP contribution in [0.5, 0.6) is 0 Å². The zero-order chi connectivity index (χ0) is 22.9. The summed E-state index contributed by atoms with van der Waals surface area (Å²) < 4.78 is 28.3. The molecule has 1 aliphatic heterocycles. The van der Waals surface area contributed by atoms with Crippen LogP contribution in [0.15, 0.2) is 77.7 Å². The second kappa shape index (κ2) is 8.57. The number of nitrogens with one attached hydrogen (secondary N) is 1. The third-order valence-electron chi connectivity index (χ3n) is 4.96. The van der Waals surface area contributed by atoms with Crippen LogP contribution in [-0.4, -0.2) is 26.0 Å². The van der Waals surface area contributed by atoms with Crippen molar-refractivity contribution in [3.8, 4) is 0 Å². The molecule has 9 heteroatoms. The summed E-state index contributed by atoms with van der Waals surface area (Å²) in [6.45, 7) is 0. The van der Waals surface area contributed by atoms with Crippen molar-refractivity contribution in [2.75, 3.05) is 9.62 Å². The normalized spacial score (nSPS) is 14.0. The van der Waals surface area contributed by atoms with E-state index in [1.807, 2.05) is 0 Å². The number of carbonyl (C=O) groups excluding carboxylic acids is 3. The molecular formula is C23H17ClN2O5S. The lowest BCUT2D eigenvalue weighted by molar-refractivity contribution is -0.121. The molecule has 0 radical (unpaired) electrons. The third-order valence-corrected chi connectivity index (χ3v) is 6.58. The highest BCUT2D eigenvalue weighted by molar-refractivity contribution is 7.92. The monoisotopic (exact) mass is 468 g/mol. The number of imide groups is 1. The fourth-order valence-corrected chi connectivity index (χ4v) is 4.63. The largest absolute Gasteiger partial charge is 0.289 e. The van der Waals surface area contributed by atoms with Crippen LogP contribution in [0.25, 0.3) is 0 Å². The smallest absolute Gasteiger partial charge is 0.261 e. The summed E-state index contributed by atoms with van der Waals surface area (Å²) in [5.74, 6) is -1.03. The van der Waals surface area contributed by atoms with Gasteiger partial charge in [0, 0.05) is 29.0 Å². The Morgan fingerprint density at radius 3 is 2.12 bits per heavy atom. The summed E-state index contributed by atoms with van der Waals surface area (Å²) >= 11 is 6.05. The van der Waals surface area contributed by atoms with Crippen LogP contribution in [0.2, 0.25) is 5.02 Å². The van der Waals surface area contributed by atoms with Crippen LogP contribution in [-0.2, 0) is 19.6 Å². The van der Waals surface area contributed by atoms with E-state index in [2.05, 4.69) is 4.72 Å². The molecule has 3 aromatic rings. The molecule has 0 saturated carbocycles. The number of nitrogens with zero attached hydrogens (tertiary/aromatic N) is 1. The molecule has 1 fully saturated rings. The summed E-state index contributed by atoms with van der Waals surface area (Å²) in [6.07, 6.45) is 0.268. The van der Waals surface area contributed by atoms with Gasteiger partial charge < -0.3 is 0 Å². The molecule has 1 heterocycles. The number of halogens is 1. The number of anilines is 2. The minimum absolute atomic E-state index is 0.0808. The van der Waals surface area contributed by atoms with Gasteiger partial charge in [-0.1, -0.05) is 41.9 Å². The Hall–Kier alpha value is -3.49. The van der Waals surface area contributed by atoms with Crippen molar-refractivity contribution in [1.29, 1.82) is 0 Å². The number of hydrogen-bond donors (Lipinski definition) is 1. The van der Waals surface area contributed by atoms with E-state index in [1.54, 1.807) is 30.3 Å². The summed E-state index contributed by atoms with van der Waals surface area (Å²) in [5, 5.41) is 0.288. The second-order valence-corrected chi connectivity index (χ2v) is 9.23. The van der Waals surface area contributed by atoms with Crippen molar-refractivity contribution < 1.29 is 22.8 Å². The first-order chi connectivity index (χ1) is 15.3. The van der Waals surface area contributed by atoms with E-state index in [0.29, 0.717) is 11.3 Å². The number of carbonyl (C=O) groups is 3. The minimum atomic E-state index is -4.07. The molecule has 0 unspecified atom stereocenters. The molecular weight excluding hydrogens is 452 g/mol. The maximum absolute atomic E-state index is 13.0. The van der Waals surface area contributed by atoms with Crippen LogP contribution in [0.4, 0.5) is 11.4 Å². The van der Waals surface area contributed by atoms with Gasteiger partial charge in [-0.3, -0.25) is 24.0 Å². The first kappa shape index (κ1) is 21.7. The third kappa shape index (κ3) is 4.28. The highest BCUT2D eigenvalue weighted by atomic mass is 35.5. The SMILES string of the molecule is O=C(c1ccccc1)c1cc(Cl)ccc1NS(=O)(=O)c1ccc(N2C(=O)CCC2=O)cc1. The molecule has 3 aromatic carbocycles. The highest BCUT2D eigenvalue weighted by Gasteiger charge is 2.30. The molecule has 4 rings (SSSR count). The van der Waals surface area contributed by atoms with Gasteiger partial charge in [0.2, 0.25) is 11.8 Å². The standard InChI is InChI=1S/C23H17ClN2O5S/c24-16-6-11-20(19(14-16)23(29)15-4-2-1-3-5-15)25-32(30,31)18-9-7-17(8-10-18)26-21(27)12-13-22(26)28/h1-11,14,25H,12-13H2. The Bertz CT molecular complexity index is 1310. The average Bonchev–Trinajstić information content (AvgIpc) is 3.13. The Morgan fingerprint density at radius 1 is 0.875 bits per heavy atom. The van der Waals surface area contributed by atoms with Gasteiger partial charge in [0.15, 0.2) is 5.78 Å². The maximum Gasteiger partial charge on any atom is 0.261 e. The lowest BCUT2D eigenvalue weighted by Gasteiger charge is -2.15. The molecule has 0 aromatic heterocycles. The molecule has 2 amide bonds. The summed E-state index contributed by atoms with van der Waals surface area (Å²) in [4.78, 5) is 37.7. The number of ketones is 1. The summed E-state index contributed by atoms with van der Waals surface area (Å²) in [5.41, 5.74) is 0.886. The van der Waals surface area contributed by atoms with Gasteiger partial charge in [0.1, 0.15) is 0 Å². The molecule has 1 N–H and O–H groups in total. The summed E-state index contributed by atoms with van der Waals surface area (Å²) in [7, 11) is -4.07. The van der Waals surface area contributed by atoms with Gasteiger partial charge in [0.25, 0.3) is 10.0 Å². The first-order valence-electron chi connectivity index (χ1n) is 9.64. The maximum atomic E-state index is 13.0. The number of hydrogen-bond acceptors (Lipinski definition) is 5. The van der Waals surface area contributed by atoms with E-state index in [0.717, 1.165) is 4.90 Å². The molecule has 1 saturated heterocycles. The molecule has 0 spiro atoms. The van der Waals surface area contributed by atoms with Crippen LogP contribution < -0.4 is 9.62 Å². The highest BCUT2D eigenvalue weighted by Crippen LogP contribution is 2.28. The predicted molar refractivity (Wildman–Crippen MR) is 120 cm³/mol.